The van der Waals surface area contributed by atoms with Crippen LogP contribution in [0.1, 0.15) is 25.3 Å². The Morgan fingerprint density at radius 1 is 1.38 bits per heavy atom. The number of anilines is 1. The molecule has 0 saturated heterocycles. The van der Waals surface area contributed by atoms with Crippen molar-refractivity contribution in [1.29, 1.82) is 0 Å². The first-order valence-corrected chi connectivity index (χ1v) is 6.71. The number of hydrogen-bond acceptors (Lipinski definition) is 2. The molecule has 1 unspecified atom stereocenters. The summed E-state index contributed by atoms with van der Waals surface area (Å²) in [6, 6.07) is 3.97. The van der Waals surface area contributed by atoms with Crippen molar-refractivity contribution in [1.82, 2.24) is 5.32 Å². The fourth-order valence-corrected chi connectivity index (χ4v) is 2.24. The Hall–Kier alpha value is -1.76. The molecule has 1 aliphatic rings. The molecule has 2 amide bonds. The minimum absolute atomic E-state index is 0.0949. The summed E-state index contributed by atoms with van der Waals surface area (Å²) in [6.45, 7) is 2.13. The average Bonchev–Trinajstić information content (AvgIpc) is 3.22. The van der Waals surface area contributed by atoms with E-state index in [-0.39, 0.29) is 12.2 Å². The molecular weight excluding hydrogens is 283 g/mol. The fourth-order valence-electron chi connectivity index (χ4n) is 2.24. The second-order valence-corrected chi connectivity index (χ2v) is 5.55. The molecule has 7 heteroatoms. The highest BCUT2D eigenvalue weighted by atomic mass is 19.4. The minimum Gasteiger partial charge on any atom is -0.331 e. The van der Waals surface area contributed by atoms with Gasteiger partial charge in [0, 0.05) is 12.2 Å². The molecule has 1 atom stereocenters. The van der Waals surface area contributed by atoms with Gasteiger partial charge in [0.1, 0.15) is 0 Å². The largest absolute Gasteiger partial charge is 0.416 e. The highest BCUT2D eigenvalue weighted by Crippen LogP contribution is 2.39. The van der Waals surface area contributed by atoms with Crippen molar-refractivity contribution in [3.63, 3.8) is 0 Å². The highest BCUT2D eigenvalue weighted by molar-refractivity contribution is 5.89. The lowest BCUT2D eigenvalue weighted by atomic mass is 9.96. The second-order valence-electron chi connectivity index (χ2n) is 5.55. The number of rotatable bonds is 4. The van der Waals surface area contributed by atoms with E-state index in [1.165, 1.54) is 12.1 Å². The first kappa shape index (κ1) is 15.6. The predicted molar refractivity (Wildman–Crippen MR) is 73.8 cm³/mol. The van der Waals surface area contributed by atoms with Gasteiger partial charge in [-0.25, -0.2) is 4.79 Å². The molecule has 0 spiro atoms. The van der Waals surface area contributed by atoms with E-state index in [0.717, 1.165) is 25.0 Å². The molecule has 116 valence electrons. The van der Waals surface area contributed by atoms with Gasteiger partial charge >= 0.3 is 12.2 Å². The number of urea groups is 1. The Bertz CT molecular complexity index is 528. The van der Waals surface area contributed by atoms with Crippen molar-refractivity contribution in [3.8, 4) is 0 Å². The van der Waals surface area contributed by atoms with Gasteiger partial charge in [0.25, 0.3) is 0 Å². The van der Waals surface area contributed by atoms with Gasteiger partial charge in [-0.15, -0.1) is 0 Å². The Morgan fingerprint density at radius 3 is 2.57 bits per heavy atom. The molecule has 4 nitrogen and oxygen atoms in total. The number of halogens is 3. The van der Waals surface area contributed by atoms with Gasteiger partial charge in [0.15, 0.2) is 0 Å². The first-order valence-electron chi connectivity index (χ1n) is 6.71. The third-order valence-corrected chi connectivity index (χ3v) is 3.75. The van der Waals surface area contributed by atoms with Crippen LogP contribution < -0.4 is 16.4 Å². The molecule has 1 fully saturated rings. The number of nitrogens with one attached hydrogen (secondary N) is 2. The Kier molecular flexibility index (Phi) is 4.13. The van der Waals surface area contributed by atoms with Crippen LogP contribution in [0.4, 0.5) is 23.7 Å². The molecule has 0 aromatic heterocycles. The zero-order valence-corrected chi connectivity index (χ0v) is 11.6. The van der Waals surface area contributed by atoms with E-state index in [4.69, 9.17) is 5.73 Å². The maximum absolute atomic E-state index is 12.6. The van der Waals surface area contributed by atoms with E-state index in [2.05, 4.69) is 10.6 Å². The lowest BCUT2D eigenvalue weighted by molar-refractivity contribution is -0.137. The van der Waals surface area contributed by atoms with E-state index >= 15 is 0 Å². The summed E-state index contributed by atoms with van der Waals surface area (Å²) < 4.78 is 37.8. The van der Waals surface area contributed by atoms with Crippen molar-refractivity contribution in [2.24, 2.45) is 11.7 Å². The number of carbonyl (C=O) groups excluding carboxylic acids is 1. The maximum Gasteiger partial charge on any atom is 0.416 e. The lowest BCUT2D eigenvalue weighted by Gasteiger charge is -2.29. The maximum atomic E-state index is 12.6. The van der Waals surface area contributed by atoms with Crippen LogP contribution in [0.5, 0.6) is 0 Å². The zero-order valence-electron chi connectivity index (χ0n) is 11.6. The van der Waals surface area contributed by atoms with E-state index in [1.54, 1.807) is 0 Å². The SMILES string of the molecule is CC(CN)(NC(=O)Nc1cccc(C(F)(F)F)c1)C1CC1. The van der Waals surface area contributed by atoms with Crippen LogP contribution in [0.3, 0.4) is 0 Å². The van der Waals surface area contributed by atoms with Crippen LogP contribution in [0, 0.1) is 5.92 Å². The van der Waals surface area contributed by atoms with E-state index < -0.39 is 23.3 Å². The Labute approximate surface area is 120 Å². The predicted octanol–water partition coefficient (Wildman–Crippen LogP) is 2.95. The van der Waals surface area contributed by atoms with Gasteiger partial charge < -0.3 is 16.4 Å². The summed E-state index contributed by atoms with van der Waals surface area (Å²) >= 11 is 0. The number of amides is 2. The van der Waals surface area contributed by atoms with Crippen LogP contribution in [0.25, 0.3) is 0 Å². The lowest BCUT2D eigenvalue weighted by Crippen LogP contribution is -2.54. The average molecular weight is 301 g/mol. The standard InChI is InChI=1S/C14H18F3N3O/c1-13(8-18,9-5-6-9)20-12(21)19-11-4-2-3-10(7-11)14(15,16)17/h2-4,7,9H,5-6,8,18H2,1H3,(H2,19,20,21). The van der Waals surface area contributed by atoms with E-state index in [0.29, 0.717) is 5.92 Å². The monoisotopic (exact) mass is 301 g/mol. The first-order chi connectivity index (χ1) is 9.74. The number of nitrogens with two attached hydrogens (primary N) is 1. The third-order valence-electron chi connectivity index (χ3n) is 3.75. The van der Waals surface area contributed by atoms with E-state index in [9.17, 15) is 18.0 Å². The normalized spacial score (nSPS) is 18.0. The summed E-state index contributed by atoms with van der Waals surface area (Å²) in [6.07, 6.45) is -2.44. The van der Waals surface area contributed by atoms with Gasteiger partial charge in [0.2, 0.25) is 0 Å². The Balaban J connectivity index is 2.03. The molecule has 1 aromatic rings. The number of alkyl halides is 3. The van der Waals surface area contributed by atoms with Gasteiger partial charge in [-0.2, -0.15) is 13.2 Å². The number of hydrogen-bond donors (Lipinski definition) is 3. The zero-order chi connectivity index (χ0) is 15.7. The van der Waals surface area contributed by atoms with Crippen LogP contribution in [0.2, 0.25) is 0 Å². The molecule has 2 rings (SSSR count). The molecule has 0 heterocycles. The van der Waals surface area contributed by atoms with Crippen LogP contribution in [-0.2, 0) is 6.18 Å². The smallest absolute Gasteiger partial charge is 0.331 e. The summed E-state index contributed by atoms with van der Waals surface area (Å²) in [5.41, 5.74) is 4.45. The molecule has 4 N–H and O–H groups in total. The highest BCUT2D eigenvalue weighted by Gasteiger charge is 2.41. The molecule has 1 saturated carbocycles. The van der Waals surface area contributed by atoms with Crippen LogP contribution in [-0.4, -0.2) is 18.1 Å². The molecular formula is C14H18F3N3O. The quantitative estimate of drug-likeness (QED) is 0.800. The third kappa shape index (κ3) is 3.87. The number of carbonyl (C=O) groups is 1. The van der Waals surface area contributed by atoms with Crippen LogP contribution >= 0.6 is 0 Å². The van der Waals surface area contributed by atoms with E-state index in [1.807, 2.05) is 6.92 Å². The minimum atomic E-state index is -4.44. The number of benzene rings is 1. The molecule has 1 aromatic carbocycles. The van der Waals surface area contributed by atoms with Gasteiger partial charge in [-0.05, 0) is 43.9 Å². The van der Waals surface area contributed by atoms with Crippen molar-refractivity contribution >= 4 is 11.7 Å². The van der Waals surface area contributed by atoms with Crippen molar-refractivity contribution in [2.75, 3.05) is 11.9 Å². The summed E-state index contributed by atoms with van der Waals surface area (Å²) in [4.78, 5) is 11.9. The van der Waals surface area contributed by atoms with Gasteiger partial charge in [0.05, 0.1) is 11.1 Å². The molecule has 0 aliphatic heterocycles. The summed E-state index contributed by atoms with van der Waals surface area (Å²) in [5.74, 6) is 0.328. The summed E-state index contributed by atoms with van der Waals surface area (Å²) in [5, 5.41) is 5.18. The second kappa shape index (κ2) is 5.55. The summed E-state index contributed by atoms with van der Waals surface area (Å²) in [7, 11) is 0. The van der Waals surface area contributed by atoms with Gasteiger partial charge in [-0.1, -0.05) is 6.07 Å². The van der Waals surface area contributed by atoms with Crippen molar-refractivity contribution in [2.45, 2.75) is 31.5 Å². The fraction of sp³-hybridized carbons (Fsp3) is 0.500. The molecule has 1 aliphatic carbocycles. The molecule has 21 heavy (non-hydrogen) atoms. The van der Waals surface area contributed by atoms with Crippen molar-refractivity contribution < 1.29 is 18.0 Å². The molecule has 0 radical (unpaired) electrons. The Morgan fingerprint density at radius 2 is 2.05 bits per heavy atom. The molecule has 0 bridgehead atoms. The van der Waals surface area contributed by atoms with Crippen LogP contribution in [0.15, 0.2) is 24.3 Å². The van der Waals surface area contributed by atoms with Crippen molar-refractivity contribution in [3.05, 3.63) is 29.8 Å². The topological polar surface area (TPSA) is 67.1 Å². The van der Waals surface area contributed by atoms with Gasteiger partial charge in [-0.3, -0.25) is 0 Å².